The van der Waals surface area contributed by atoms with E-state index in [1.165, 1.54) is 6.33 Å². The fraction of sp³-hybridized carbons (Fsp3) is 0.500. The molecule has 118 valence electrons. The van der Waals surface area contributed by atoms with Gasteiger partial charge in [0.05, 0.1) is 24.6 Å². The number of aliphatic hydroxyl groups is 3. The van der Waals surface area contributed by atoms with E-state index >= 15 is 0 Å². The number of nitrogens with zero attached hydrogens (tertiary/aromatic N) is 1. The number of nitrogens with one attached hydrogen (secondary N) is 3. The molecule has 2 atom stereocenters. The van der Waals surface area contributed by atoms with Gasteiger partial charge >= 0.3 is 0 Å². The zero-order valence-electron chi connectivity index (χ0n) is 11.2. The summed E-state index contributed by atoms with van der Waals surface area (Å²) in [5, 5.41) is 30.5. The van der Waals surface area contributed by atoms with E-state index in [2.05, 4.69) is 20.3 Å². The second-order valence-electron chi connectivity index (χ2n) is 4.59. The van der Waals surface area contributed by atoms with Crippen molar-refractivity contribution in [2.75, 3.05) is 19.8 Å². The standard InChI is InChI=1S/C12H18N4O4.ClH/c17-4-8(9(19)5-18)2-13-1-7-3-14-11-10(7)15-6-16-12(11)20;/h3,6,8-9,13-14,17-19H,1-2,4-5H2,(H,15,16,20);1H/t8-,9-;/m1./s1. The first kappa shape index (κ1) is 17.6. The Morgan fingerprint density at radius 1 is 1.29 bits per heavy atom. The van der Waals surface area contributed by atoms with Gasteiger partial charge in [-0.15, -0.1) is 12.4 Å². The minimum absolute atomic E-state index is 0. The molecule has 0 fully saturated rings. The molecule has 9 heteroatoms. The van der Waals surface area contributed by atoms with Crippen molar-refractivity contribution in [2.45, 2.75) is 12.6 Å². The molecule has 0 saturated carbocycles. The minimum Gasteiger partial charge on any atom is -0.396 e. The number of aromatic nitrogens is 3. The van der Waals surface area contributed by atoms with Crippen LogP contribution in [0.3, 0.4) is 0 Å². The molecule has 0 aliphatic heterocycles. The van der Waals surface area contributed by atoms with Crippen molar-refractivity contribution in [3.8, 4) is 0 Å². The van der Waals surface area contributed by atoms with Gasteiger partial charge in [-0.05, 0) is 0 Å². The molecule has 0 aliphatic rings. The third-order valence-electron chi connectivity index (χ3n) is 3.24. The highest BCUT2D eigenvalue weighted by Crippen LogP contribution is 2.11. The highest BCUT2D eigenvalue weighted by molar-refractivity contribution is 5.85. The third kappa shape index (κ3) is 4.02. The summed E-state index contributed by atoms with van der Waals surface area (Å²) in [6, 6.07) is 0. The Morgan fingerprint density at radius 2 is 2.05 bits per heavy atom. The van der Waals surface area contributed by atoms with Crippen molar-refractivity contribution in [3.05, 3.63) is 28.4 Å². The van der Waals surface area contributed by atoms with E-state index in [0.29, 0.717) is 24.1 Å². The van der Waals surface area contributed by atoms with Crippen LogP contribution in [0.15, 0.2) is 17.3 Å². The van der Waals surface area contributed by atoms with Gasteiger partial charge in [-0.2, -0.15) is 0 Å². The number of hydrogen-bond acceptors (Lipinski definition) is 6. The summed E-state index contributed by atoms with van der Waals surface area (Å²) in [7, 11) is 0. The van der Waals surface area contributed by atoms with Crippen LogP contribution in [-0.4, -0.2) is 56.1 Å². The fourth-order valence-electron chi connectivity index (χ4n) is 2.00. The van der Waals surface area contributed by atoms with Gasteiger partial charge in [0, 0.05) is 37.4 Å². The molecule has 2 heterocycles. The van der Waals surface area contributed by atoms with Gasteiger partial charge in [0.1, 0.15) is 5.52 Å². The van der Waals surface area contributed by atoms with Crippen molar-refractivity contribution in [1.82, 2.24) is 20.3 Å². The lowest BCUT2D eigenvalue weighted by Gasteiger charge is -2.19. The van der Waals surface area contributed by atoms with Crippen LogP contribution in [0.5, 0.6) is 0 Å². The second-order valence-corrected chi connectivity index (χ2v) is 4.59. The maximum Gasteiger partial charge on any atom is 0.275 e. The Morgan fingerprint density at radius 3 is 2.71 bits per heavy atom. The summed E-state index contributed by atoms with van der Waals surface area (Å²) in [4.78, 5) is 21.0. The van der Waals surface area contributed by atoms with E-state index < -0.39 is 18.6 Å². The first-order valence-electron chi connectivity index (χ1n) is 6.31. The number of rotatable bonds is 7. The molecule has 0 spiro atoms. The van der Waals surface area contributed by atoms with Crippen LogP contribution in [0.25, 0.3) is 11.0 Å². The average molecular weight is 319 g/mol. The maximum absolute atomic E-state index is 11.5. The zero-order chi connectivity index (χ0) is 14.5. The summed E-state index contributed by atoms with van der Waals surface area (Å²) in [5.41, 5.74) is 1.59. The molecule has 2 aromatic heterocycles. The molecule has 0 radical (unpaired) electrons. The normalized spacial score (nSPS) is 13.9. The SMILES string of the molecule is Cl.O=c1[nH]cnc2c(CNC[C@H](CO)[C@H](O)CO)c[nH]c12. The molecule has 2 aromatic rings. The lowest BCUT2D eigenvalue weighted by atomic mass is 10.0. The van der Waals surface area contributed by atoms with Crippen LogP contribution in [0.1, 0.15) is 5.56 Å². The first-order valence-corrected chi connectivity index (χ1v) is 6.31. The number of halogens is 1. The third-order valence-corrected chi connectivity index (χ3v) is 3.24. The van der Waals surface area contributed by atoms with Crippen LogP contribution >= 0.6 is 12.4 Å². The molecule has 0 aromatic carbocycles. The second kappa shape index (κ2) is 8.11. The average Bonchev–Trinajstić information content (AvgIpc) is 2.87. The smallest absolute Gasteiger partial charge is 0.275 e. The van der Waals surface area contributed by atoms with Crippen molar-refractivity contribution < 1.29 is 15.3 Å². The summed E-state index contributed by atoms with van der Waals surface area (Å²) >= 11 is 0. The van der Waals surface area contributed by atoms with Crippen LogP contribution < -0.4 is 10.9 Å². The Kier molecular flexibility index (Phi) is 6.79. The molecular weight excluding hydrogens is 300 g/mol. The molecule has 0 unspecified atom stereocenters. The molecule has 8 nitrogen and oxygen atoms in total. The molecule has 0 bridgehead atoms. The quantitative estimate of drug-likeness (QED) is 0.377. The molecular formula is C12H19ClN4O4. The predicted octanol–water partition coefficient (Wildman–Crippen LogP) is -1.28. The summed E-state index contributed by atoms with van der Waals surface area (Å²) < 4.78 is 0. The van der Waals surface area contributed by atoms with Crippen LogP contribution in [0.2, 0.25) is 0 Å². The van der Waals surface area contributed by atoms with Gasteiger partial charge < -0.3 is 30.6 Å². The van der Waals surface area contributed by atoms with Crippen LogP contribution in [0.4, 0.5) is 0 Å². The lowest BCUT2D eigenvalue weighted by Crippen LogP contribution is -2.35. The Hall–Kier alpha value is -1.45. The molecule has 2 rings (SSSR count). The first-order chi connectivity index (χ1) is 9.67. The highest BCUT2D eigenvalue weighted by Gasteiger charge is 2.17. The predicted molar refractivity (Wildman–Crippen MR) is 79.3 cm³/mol. The van der Waals surface area contributed by atoms with Crippen molar-refractivity contribution in [3.63, 3.8) is 0 Å². The highest BCUT2D eigenvalue weighted by atomic mass is 35.5. The zero-order valence-corrected chi connectivity index (χ0v) is 12.1. The summed E-state index contributed by atoms with van der Waals surface area (Å²) in [5.74, 6) is -0.443. The van der Waals surface area contributed by atoms with Gasteiger partial charge in [-0.3, -0.25) is 4.79 Å². The van der Waals surface area contributed by atoms with Crippen molar-refractivity contribution in [1.29, 1.82) is 0 Å². The number of hydrogen-bond donors (Lipinski definition) is 6. The largest absolute Gasteiger partial charge is 0.396 e. The molecule has 0 saturated heterocycles. The lowest BCUT2D eigenvalue weighted by molar-refractivity contribution is 0.0228. The molecule has 6 N–H and O–H groups in total. The van der Waals surface area contributed by atoms with Gasteiger partial charge in [0.15, 0.2) is 0 Å². The van der Waals surface area contributed by atoms with Gasteiger partial charge in [0.2, 0.25) is 0 Å². The van der Waals surface area contributed by atoms with Gasteiger partial charge in [-0.25, -0.2) is 4.98 Å². The molecule has 0 aliphatic carbocycles. The van der Waals surface area contributed by atoms with E-state index in [4.69, 9.17) is 10.2 Å². The Labute approximate surface area is 126 Å². The maximum atomic E-state index is 11.5. The van der Waals surface area contributed by atoms with E-state index in [0.717, 1.165) is 5.56 Å². The van der Waals surface area contributed by atoms with Crippen LogP contribution in [0, 0.1) is 5.92 Å². The monoisotopic (exact) mass is 318 g/mol. The van der Waals surface area contributed by atoms with Gasteiger partial charge in [0.25, 0.3) is 5.56 Å². The van der Waals surface area contributed by atoms with E-state index in [1.54, 1.807) is 6.20 Å². The molecule has 21 heavy (non-hydrogen) atoms. The van der Waals surface area contributed by atoms with E-state index in [-0.39, 0.29) is 24.6 Å². The Balaban J connectivity index is 0.00000220. The number of aliphatic hydroxyl groups excluding tert-OH is 3. The molecule has 0 amide bonds. The van der Waals surface area contributed by atoms with E-state index in [1.807, 2.05) is 0 Å². The minimum atomic E-state index is -0.962. The van der Waals surface area contributed by atoms with Gasteiger partial charge in [-0.1, -0.05) is 0 Å². The topological polar surface area (TPSA) is 134 Å². The number of H-pyrrole nitrogens is 2. The fourth-order valence-corrected chi connectivity index (χ4v) is 2.00. The Bertz CT molecular complexity index is 615. The van der Waals surface area contributed by atoms with E-state index in [9.17, 15) is 9.90 Å². The number of aromatic amines is 2. The van der Waals surface area contributed by atoms with Crippen molar-refractivity contribution in [2.24, 2.45) is 5.92 Å². The summed E-state index contributed by atoms with van der Waals surface area (Å²) in [6.07, 6.45) is 2.07. The van der Waals surface area contributed by atoms with Crippen molar-refractivity contribution >= 4 is 23.4 Å². The number of fused-ring (bicyclic) bond motifs is 1. The van der Waals surface area contributed by atoms with Crippen LogP contribution in [-0.2, 0) is 6.54 Å². The summed E-state index contributed by atoms with van der Waals surface area (Å²) in [6.45, 7) is 0.163.